The minimum atomic E-state index is -0.423. The van der Waals surface area contributed by atoms with Gasteiger partial charge in [0.05, 0.1) is 9.40 Å². The third kappa shape index (κ3) is 2.09. The molecule has 80 valence electrons. The van der Waals surface area contributed by atoms with Crippen molar-refractivity contribution < 1.29 is 4.92 Å². The quantitative estimate of drug-likeness (QED) is 0.678. The van der Waals surface area contributed by atoms with Crippen molar-refractivity contribution in [3.63, 3.8) is 0 Å². The van der Waals surface area contributed by atoms with E-state index in [2.05, 4.69) is 33.2 Å². The molecule has 0 saturated heterocycles. The van der Waals surface area contributed by atoms with E-state index < -0.39 is 4.92 Å². The van der Waals surface area contributed by atoms with Gasteiger partial charge in [0, 0.05) is 12.2 Å². The molecule has 0 amide bonds. The highest BCUT2D eigenvalue weighted by Crippen LogP contribution is 2.38. The largest absolute Gasteiger partial charge is 0.375 e. The Balaban J connectivity index is 2.30. The van der Waals surface area contributed by atoms with Gasteiger partial charge >= 0.3 is 5.69 Å². The molecule has 0 aromatic carbocycles. The Bertz CT molecular complexity index is 410. The Morgan fingerprint density at radius 1 is 1.67 bits per heavy atom. The number of nitrogens with one attached hydrogen (secondary N) is 1. The van der Waals surface area contributed by atoms with Crippen LogP contribution in [0.25, 0.3) is 0 Å². The van der Waals surface area contributed by atoms with Crippen LogP contribution in [0.5, 0.6) is 0 Å². The third-order valence-corrected chi connectivity index (χ3v) is 3.12. The Morgan fingerprint density at radius 2 is 2.33 bits per heavy atom. The summed E-state index contributed by atoms with van der Waals surface area (Å²) in [4.78, 5) is 14.1. The van der Waals surface area contributed by atoms with Gasteiger partial charge in [-0.2, -0.15) is 0 Å². The maximum Gasteiger partial charge on any atom is 0.311 e. The molecule has 5 nitrogen and oxygen atoms in total. The topological polar surface area (TPSA) is 68.1 Å². The number of pyridine rings is 1. The molecule has 6 heteroatoms. The lowest BCUT2D eigenvalue weighted by Crippen LogP contribution is -2.07. The zero-order chi connectivity index (χ0) is 11.0. The molecule has 2 atom stereocenters. The van der Waals surface area contributed by atoms with E-state index in [0.29, 0.717) is 22.1 Å². The first-order chi connectivity index (χ1) is 7.09. The molecule has 2 unspecified atom stereocenters. The van der Waals surface area contributed by atoms with Crippen molar-refractivity contribution in [2.24, 2.45) is 5.92 Å². The number of hydrogen-bond acceptors (Lipinski definition) is 4. The van der Waals surface area contributed by atoms with Crippen molar-refractivity contribution >= 4 is 27.3 Å². The minimum absolute atomic E-state index is 0.0171. The van der Waals surface area contributed by atoms with E-state index in [9.17, 15) is 10.1 Å². The van der Waals surface area contributed by atoms with Crippen molar-refractivity contribution in [1.29, 1.82) is 0 Å². The zero-order valence-electron chi connectivity index (χ0n) is 8.11. The average molecular weight is 272 g/mol. The second-order valence-corrected chi connectivity index (χ2v) is 4.59. The van der Waals surface area contributed by atoms with E-state index in [1.807, 2.05) is 0 Å². The summed E-state index contributed by atoms with van der Waals surface area (Å²) < 4.78 is 0.635. The summed E-state index contributed by atoms with van der Waals surface area (Å²) in [6.45, 7) is 2.11. The maximum absolute atomic E-state index is 10.8. The number of hydrogen-bond donors (Lipinski definition) is 1. The molecule has 0 aliphatic heterocycles. The average Bonchev–Trinajstić information content (AvgIpc) is 2.85. The number of nitrogens with zero attached hydrogens (tertiary/aromatic N) is 2. The van der Waals surface area contributed by atoms with Gasteiger partial charge in [-0.1, -0.05) is 6.92 Å². The summed E-state index contributed by atoms with van der Waals surface area (Å²) in [5.74, 6) is 0.588. The van der Waals surface area contributed by atoms with Crippen molar-refractivity contribution in [2.75, 3.05) is 5.32 Å². The first-order valence-corrected chi connectivity index (χ1v) is 5.43. The summed E-state index contributed by atoms with van der Waals surface area (Å²) in [7, 11) is 0. The van der Waals surface area contributed by atoms with Gasteiger partial charge in [0.1, 0.15) is 11.9 Å². The van der Waals surface area contributed by atoms with E-state index >= 15 is 0 Å². The minimum Gasteiger partial charge on any atom is -0.375 e. The number of nitro groups is 1. The molecular weight excluding hydrogens is 262 g/mol. The van der Waals surface area contributed by atoms with Gasteiger partial charge in [0.2, 0.25) is 0 Å². The fourth-order valence-corrected chi connectivity index (χ4v) is 1.85. The van der Waals surface area contributed by atoms with Gasteiger partial charge < -0.3 is 5.32 Å². The lowest BCUT2D eigenvalue weighted by atomic mass is 10.3. The van der Waals surface area contributed by atoms with Gasteiger partial charge in [-0.05, 0) is 28.3 Å². The van der Waals surface area contributed by atoms with E-state index in [1.165, 1.54) is 6.20 Å². The van der Waals surface area contributed by atoms with Gasteiger partial charge in [0.25, 0.3) is 0 Å². The van der Waals surface area contributed by atoms with E-state index in [4.69, 9.17) is 0 Å². The SMILES string of the molecule is CC1CC1Nc1c(Br)cncc1[N+](=O)[O-]. The van der Waals surface area contributed by atoms with Crippen molar-refractivity contribution in [2.45, 2.75) is 19.4 Å². The lowest BCUT2D eigenvalue weighted by Gasteiger charge is -2.07. The van der Waals surface area contributed by atoms with Crippen LogP contribution in [0.1, 0.15) is 13.3 Å². The first kappa shape index (κ1) is 10.4. The molecule has 0 radical (unpaired) electrons. The Labute approximate surface area is 95.2 Å². The number of anilines is 1. The third-order valence-electron chi connectivity index (χ3n) is 2.52. The van der Waals surface area contributed by atoms with E-state index in [1.54, 1.807) is 6.20 Å². The summed E-state index contributed by atoms with van der Waals surface area (Å²) in [6, 6.07) is 0.349. The van der Waals surface area contributed by atoms with E-state index in [0.717, 1.165) is 6.42 Å². The maximum atomic E-state index is 10.8. The van der Waals surface area contributed by atoms with Crippen LogP contribution in [-0.4, -0.2) is 15.9 Å². The molecule has 15 heavy (non-hydrogen) atoms. The molecule has 1 aliphatic rings. The summed E-state index contributed by atoms with van der Waals surface area (Å²) in [6.07, 6.45) is 3.88. The highest BCUT2D eigenvalue weighted by atomic mass is 79.9. The smallest absolute Gasteiger partial charge is 0.311 e. The fourth-order valence-electron chi connectivity index (χ4n) is 1.41. The molecule has 1 aromatic rings. The van der Waals surface area contributed by atoms with Crippen LogP contribution in [0, 0.1) is 16.0 Å². The van der Waals surface area contributed by atoms with Crippen molar-refractivity contribution in [3.8, 4) is 0 Å². The van der Waals surface area contributed by atoms with Gasteiger partial charge in [0.15, 0.2) is 0 Å². The second kappa shape index (κ2) is 3.77. The van der Waals surface area contributed by atoms with Gasteiger partial charge in [-0.25, -0.2) is 0 Å². The van der Waals surface area contributed by atoms with Crippen LogP contribution >= 0.6 is 15.9 Å². The van der Waals surface area contributed by atoms with Crippen LogP contribution in [-0.2, 0) is 0 Å². The number of halogens is 1. The van der Waals surface area contributed by atoms with Crippen LogP contribution in [0.4, 0.5) is 11.4 Å². The number of aromatic nitrogens is 1. The Kier molecular flexibility index (Phi) is 2.60. The molecule has 1 saturated carbocycles. The molecule has 2 rings (SSSR count). The fraction of sp³-hybridized carbons (Fsp3) is 0.444. The van der Waals surface area contributed by atoms with Crippen molar-refractivity contribution in [3.05, 3.63) is 27.0 Å². The summed E-state index contributed by atoms with van der Waals surface area (Å²) >= 11 is 3.26. The molecule has 1 aliphatic carbocycles. The van der Waals surface area contributed by atoms with Gasteiger partial charge in [-0.15, -0.1) is 0 Å². The molecule has 1 heterocycles. The predicted molar refractivity (Wildman–Crippen MR) is 59.8 cm³/mol. The monoisotopic (exact) mass is 271 g/mol. The Morgan fingerprint density at radius 3 is 2.87 bits per heavy atom. The highest BCUT2D eigenvalue weighted by Gasteiger charge is 2.34. The highest BCUT2D eigenvalue weighted by molar-refractivity contribution is 9.10. The van der Waals surface area contributed by atoms with Crippen LogP contribution < -0.4 is 5.32 Å². The van der Waals surface area contributed by atoms with E-state index in [-0.39, 0.29) is 5.69 Å². The van der Waals surface area contributed by atoms with Crippen LogP contribution in [0.3, 0.4) is 0 Å². The molecule has 1 fully saturated rings. The standard InChI is InChI=1S/C9H10BrN3O2/c1-5-2-7(5)12-9-6(10)3-11-4-8(9)13(14)15/h3-5,7H,2H2,1H3,(H,11,12). The zero-order valence-corrected chi connectivity index (χ0v) is 9.69. The van der Waals surface area contributed by atoms with Crippen LogP contribution in [0.2, 0.25) is 0 Å². The first-order valence-electron chi connectivity index (χ1n) is 4.64. The Hall–Kier alpha value is -1.17. The second-order valence-electron chi connectivity index (χ2n) is 3.74. The predicted octanol–water partition coefficient (Wildman–Crippen LogP) is 2.57. The van der Waals surface area contributed by atoms with Crippen molar-refractivity contribution in [1.82, 2.24) is 4.98 Å². The molecule has 0 bridgehead atoms. The summed E-state index contributed by atoms with van der Waals surface area (Å²) in [5, 5.41) is 13.9. The lowest BCUT2D eigenvalue weighted by molar-refractivity contribution is -0.384. The molecule has 1 aromatic heterocycles. The molecular formula is C9H10BrN3O2. The summed E-state index contributed by atoms with van der Waals surface area (Å²) in [5.41, 5.74) is 0.549. The molecule has 1 N–H and O–H groups in total. The van der Waals surface area contributed by atoms with Gasteiger partial charge in [-0.3, -0.25) is 15.1 Å². The molecule has 0 spiro atoms. The normalized spacial score (nSPS) is 23.6. The number of rotatable bonds is 3. The van der Waals surface area contributed by atoms with Crippen LogP contribution in [0.15, 0.2) is 16.9 Å².